The number of ether oxygens (including phenoxy) is 1. The molecule has 0 saturated carbocycles. The van der Waals surface area contributed by atoms with Crippen molar-refractivity contribution in [3.8, 4) is 5.75 Å². The van der Waals surface area contributed by atoms with Crippen LogP contribution in [0.2, 0.25) is 0 Å². The number of carboxylic acid groups (broad SMARTS) is 1. The van der Waals surface area contributed by atoms with E-state index in [1.807, 2.05) is 0 Å². The lowest BCUT2D eigenvalue weighted by atomic mass is 10.1. The second kappa shape index (κ2) is 3.26. The molecule has 1 unspecified atom stereocenters. The Morgan fingerprint density at radius 3 is 2.87 bits per heavy atom. The second-order valence-electron chi connectivity index (χ2n) is 3.30. The molecule has 0 aliphatic carbocycles. The minimum atomic E-state index is -1.06. The predicted octanol–water partition coefficient (Wildman–Crippen LogP) is -0.794. The van der Waals surface area contributed by atoms with Crippen molar-refractivity contribution >= 4 is 17.5 Å². The topological polar surface area (TPSA) is 63.6 Å². The van der Waals surface area contributed by atoms with Gasteiger partial charge >= 0.3 is 5.97 Å². The highest BCUT2D eigenvalue weighted by Crippen LogP contribution is 2.17. The predicted molar refractivity (Wildman–Crippen MR) is 51.6 cm³/mol. The molecule has 4 heteroatoms. The lowest BCUT2D eigenvalue weighted by Crippen LogP contribution is -2.28. The second-order valence-corrected chi connectivity index (χ2v) is 3.30. The van der Waals surface area contributed by atoms with Gasteiger partial charge in [0.2, 0.25) is 6.10 Å². The Kier molecular flexibility index (Phi) is 2.06. The molecule has 0 aromatic heterocycles. The Labute approximate surface area is 85.1 Å². The van der Waals surface area contributed by atoms with Crippen molar-refractivity contribution in [3.63, 3.8) is 0 Å². The summed E-state index contributed by atoms with van der Waals surface area (Å²) in [6.07, 6.45) is -0.991. The van der Waals surface area contributed by atoms with E-state index in [0.717, 1.165) is 0 Å². The van der Waals surface area contributed by atoms with Crippen LogP contribution < -0.4 is 15.2 Å². The molecule has 2 rings (SSSR count). The van der Waals surface area contributed by atoms with Crippen LogP contribution in [-0.2, 0) is 9.59 Å². The highest BCUT2D eigenvalue weighted by molar-refractivity contribution is 5.86. The van der Waals surface area contributed by atoms with Crippen molar-refractivity contribution in [2.75, 3.05) is 0 Å². The Morgan fingerprint density at radius 1 is 1.53 bits per heavy atom. The van der Waals surface area contributed by atoms with E-state index in [1.165, 1.54) is 0 Å². The molecule has 1 aliphatic heterocycles. The molecule has 1 N–H and O–H groups in total. The summed E-state index contributed by atoms with van der Waals surface area (Å²) >= 11 is 0. The number of fused-ring (bicyclic) bond motifs is 1. The Hall–Kier alpha value is -2.06. The van der Waals surface area contributed by atoms with Gasteiger partial charge in [-0.3, -0.25) is 0 Å². The van der Waals surface area contributed by atoms with Gasteiger partial charge in [-0.1, -0.05) is 6.07 Å². The minimum Gasteiger partial charge on any atom is -0.478 e. The zero-order chi connectivity index (χ0) is 11.0. The summed E-state index contributed by atoms with van der Waals surface area (Å²) in [6, 6.07) is 4.86. The van der Waals surface area contributed by atoms with E-state index in [9.17, 15) is 9.59 Å². The highest BCUT2D eigenvalue weighted by atomic mass is 16.5. The average molecular weight is 204 g/mol. The normalized spacial score (nSPS) is 17.9. The SMILES string of the molecule is CC1=c2c(cccc2=C=O)OC1C(=O)O. The molecule has 1 heterocycles. The lowest BCUT2D eigenvalue weighted by Gasteiger charge is -2.06. The average Bonchev–Trinajstić information content (AvgIpc) is 2.56. The third kappa shape index (κ3) is 1.32. The number of carbonyl (C=O) groups excluding carboxylic acids is 1. The fourth-order valence-corrected chi connectivity index (χ4v) is 1.70. The molecule has 1 atom stereocenters. The minimum absolute atomic E-state index is 0.341. The summed E-state index contributed by atoms with van der Waals surface area (Å²) in [5.41, 5.74) is 0.538. The van der Waals surface area contributed by atoms with Gasteiger partial charge in [-0.15, -0.1) is 0 Å². The third-order valence-electron chi connectivity index (χ3n) is 2.39. The van der Waals surface area contributed by atoms with Crippen molar-refractivity contribution in [2.24, 2.45) is 0 Å². The first-order chi connectivity index (χ1) is 7.15. The molecule has 1 aromatic carbocycles. The number of rotatable bonds is 1. The van der Waals surface area contributed by atoms with Gasteiger partial charge in [0.15, 0.2) is 0 Å². The maximum Gasteiger partial charge on any atom is 0.349 e. The highest BCUT2D eigenvalue weighted by Gasteiger charge is 2.28. The molecular weight excluding hydrogens is 196 g/mol. The van der Waals surface area contributed by atoms with E-state index in [-0.39, 0.29) is 0 Å². The van der Waals surface area contributed by atoms with Gasteiger partial charge in [-0.25, -0.2) is 9.59 Å². The summed E-state index contributed by atoms with van der Waals surface area (Å²) in [6.45, 7) is 1.64. The molecule has 0 fully saturated rings. The quantitative estimate of drug-likeness (QED) is 0.651. The third-order valence-corrected chi connectivity index (χ3v) is 2.39. The molecule has 0 spiro atoms. The zero-order valence-electron chi connectivity index (χ0n) is 7.98. The lowest BCUT2D eigenvalue weighted by molar-refractivity contribution is -0.142. The van der Waals surface area contributed by atoms with E-state index in [0.29, 0.717) is 21.8 Å². The van der Waals surface area contributed by atoms with Gasteiger partial charge < -0.3 is 9.84 Å². The first kappa shape index (κ1) is 9.49. The van der Waals surface area contributed by atoms with Crippen LogP contribution >= 0.6 is 0 Å². The first-order valence-corrected chi connectivity index (χ1v) is 4.39. The Morgan fingerprint density at radius 2 is 2.27 bits per heavy atom. The van der Waals surface area contributed by atoms with Crippen molar-refractivity contribution in [1.29, 1.82) is 0 Å². The number of aliphatic carboxylic acids is 1. The van der Waals surface area contributed by atoms with Gasteiger partial charge in [0, 0.05) is 5.22 Å². The van der Waals surface area contributed by atoms with E-state index in [1.54, 1.807) is 31.1 Å². The molecule has 1 aromatic rings. The summed E-state index contributed by atoms with van der Waals surface area (Å²) in [5, 5.41) is 9.77. The van der Waals surface area contributed by atoms with Crippen LogP contribution in [0.4, 0.5) is 0 Å². The van der Waals surface area contributed by atoms with Gasteiger partial charge in [-0.05, 0) is 24.6 Å². The van der Waals surface area contributed by atoms with Crippen molar-refractivity contribution in [3.05, 3.63) is 28.6 Å². The molecule has 1 aliphatic rings. The molecule has 0 bridgehead atoms. The van der Waals surface area contributed by atoms with Gasteiger partial charge in [0.05, 0.1) is 5.22 Å². The van der Waals surface area contributed by atoms with Crippen LogP contribution in [0.1, 0.15) is 6.92 Å². The first-order valence-electron chi connectivity index (χ1n) is 4.39. The van der Waals surface area contributed by atoms with Crippen molar-refractivity contribution in [2.45, 2.75) is 13.0 Å². The largest absolute Gasteiger partial charge is 0.478 e. The van der Waals surface area contributed by atoms with Crippen LogP contribution in [0.3, 0.4) is 0 Å². The number of carbonyl (C=O) groups is 1. The van der Waals surface area contributed by atoms with Gasteiger partial charge in [-0.2, -0.15) is 0 Å². The molecular formula is C11H8O4. The molecule has 4 nitrogen and oxygen atoms in total. The van der Waals surface area contributed by atoms with Crippen LogP contribution in [0.5, 0.6) is 5.75 Å². The summed E-state index contributed by atoms with van der Waals surface area (Å²) in [4.78, 5) is 21.5. The van der Waals surface area contributed by atoms with Crippen LogP contribution in [0.25, 0.3) is 5.57 Å². The number of benzene rings is 1. The molecule has 76 valence electrons. The van der Waals surface area contributed by atoms with Crippen LogP contribution in [0.15, 0.2) is 18.2 Å². The smallest absolute Gasteiger partial charge is 0.349 e. The number of carboxylic acids is 1. The Balaban J connectivity index is 2.81. The van der Waals surface area contributed by atoms with Crippen molar-refractivity contribution < 1.29 is 19.4 Å². The van der Waals surface area contributed by atoms with Crippen molar-refractivity contribution in [1.82, 2.24) is 0 Å². The van der Waals surface area contributed by atoms with Crippen LogP contribution in [0, 0.1) is 0 Å². The fraction of sp³-hybridized carbons (Fsp3) is 0.182. The fourth-order valence-electron chi connectivity index (χ4n) is 1.70. The summed E-state index contributed by atoms with van der Waals surface area (Å²) in [5.74, 6) is 1.15. The van der Waals surface area contributed by atoms with Gasteiger partial charge in [0.25, 0.3) is 0 Å². The molecule has 0 radical (unpaired) electrons. The standard InChI is InChI=1S/C11H8O4/c1-6-9-7(5-12)3-2-4-8(9)15-10(6)11(13)14/h2-4,10H,1H3,(H,13,14). The van der Waals surface area contributed by atoms with E-state index < -0.39 is 12.1 Å². The van der Waals surface area contributed by atoms with E-state index in [2.05, 4.69) is 0 Å². The maximum absolute atomic E-state index is 10.8. The van der Waals surface area contributed by atoms with Gasteiger partial charge in [0.1, 0.15) is 11.7 Å². The van der Waals surface area contributed by atoms with Crippen LogP contribution in [-0.4, -0.2) is 23.1 Å². The molecule has 0 saturated heterocycles. The maximum atomic E-state index is 10.8. The summed E-state index contributed by atoms with van der Waals surface area (Å²) < 4.78 is 5.21. The van der Waals surface area contributed by atoms with E-state index >= 15 is 0 Å². The zero-order valence-corrected chi connectivity index (χ0v) is 7.98. The monoisotopic (exact) mass is 204 g/mol. The molecule has 0 amide bonds. The number of hydrogen-bond acceptors (Lipinski definition) is 3. The Bertz CT molecular complexity index is 567. The molecule has 15 heavy (non-hydrogen) atoms. The summed E-state index contributed by atoms with van der Waals surface area (Å²) in [7, 11) is 0. The van der Waals surface area contributed by atoms with E-state index in [4.69, 9.17) is 9.84 Å². The number of hydrogen-bond donors (Lipinski definition) is 1.